The molecule has 0 radical (unpaired) electrons. The Morgan fingerprint density at radius 3 is 2.50 bits per heavy atom. The normalized spacial score (nSPS) is 10.6. The van der Waals surface area contributed by atoms with Crippen LogP contribution in [0.3, 0.4) is 0 Å². The van der Waals surface area contributed by atoms with Crippen LogP contribution in [0.5, 0.6) is 11.5 Å². The Labute approximate surface area is 104 Å². The molecule has 0 fully saturated rings. The summed E-state index contributed by atoms with van der Waals surface area (Å²) in [7, 11) is 1.54. The summed E-state index contributed by atoms with van der Waals surface area (Å²) in [6.07, 6.45) is 0. The molecule has 0 saturated carbocycles. The predicted octanol–water partition coefficient (Wildman–Crippen LogP) is 1.48. The molecule has 0 aliphatic rings. The quantitative estimate of drug-likeness (QED) is 0.799. The second-order valence-corrected chi connectivity index (χ2v) is 4.24. The molecule has 2 N–H and O–H groups in total. The van der Waals surface area contributed by atoms with Crippen LogP contribution in [0.4, 0.5) is 0 Å². The highest BCUT2D eigenvalue weighted by molar-refractivity contribution is 5.73. The number of rotatable bonds is 1. The van der Waals surface area contributed by atoms with E-state index >= 15 is 0 Å². The molecule has 0 aliphatic heterocycles. The minimum atomic E-state index is -0.369. The second-order valence-electron chi connectivity index (χ2n) is 4.24. The van der Waals surface area contributed by atoms with E-state index in [1.165, 1.54) is 17.8 Å². The van der Waals surface area contributed by atoms with E-state index in [2.05, 4.69) is 5.10 Å². The fourth-order valence-corrected chi connectivity index (χ4v) is 1.93. The van der Waals surface area contributed by atoms with Crippen LogP contribution in [-0.4, -0.2) is 20.0 Å². The average molecular weight is 246 g/mol. The highest BCUT2D eigenvalue weighted by atomic mass is 16.3. The molecule has 2 rings (SSSR count). The van der Waals surface area contributed by atoms with E-state index in [9.17, 15) is 15.0 Å². The lowest BCUT2D eigenvalue weighted by Crippen LogP contribution is -2.22. The largest absolute Gasteiger partial charge is 0.508 e. The lowest BCUT2D eigenvalue weighted by molar-refractivity contribution is 0.460. The third-order valence-electron chi connectivity index (χ3n) is 2.87. The molecule has 0 atom stereocenters. The van der Waals surface area contributed by atoms with Gasteiger partial charge in [0.05, 0.1) is 5.56 Å². The van der Waals surface area contributed by atoms with Crippen molar-refractivity contribution in [3.8, 4) is 22.6 Å². The van der Waals surface area contributed by atoms with E-state index < -0.39 is 0 Å². The third kappa shape index (κ3) is 1.84. The molecule has 94 valence electrons. The van der Waals surface area contributed by atoms with E-state index in [0.717, 1.165) is 0 Å². The maximum Gasteiger partial charge on any atom is 0.278 e. The van der Waals surface area contributed by atoms with E-state index in [1.54, 1.807) is 26.0 Å². The first kappa shape index (κ1) is 12.2. The number of aryl methyl sites for hydroxylation is 3. The summed E-state index contributed by atoms with van der Waals surface area (Å²) in [5, 5.41) is 23.3. The topological polar surface area (TPSA) is 75.3 Å². The zero-order valence-corrected chi connectivity index (χ0v) is 10.4. The van der Waals surface area contributed by atoms with Crippen molar-refractivity contribution < 1.29 is 10.2 Å². The van der Waals surface area contributed by atoms with Crippen LogP contribution in [0.2, 0.25) is 0 Å². The molecule has 5 heteroatoms. The number of benzene rings is 1. The summed E-state index contributed by atoms with van der Waals surface area (Å²) < 4.78 is 1.19. The van der Waals surface area contributed by atoms with Crippen LogP contribution in [-0.2, 0) is 7.05 Å². The molecular weight excluding hydrogens is 232 g/mol. The van der Waals surface area contributed by atoms with Gasteiger partial charge in [-0.2, -0.15) is 5.10 Å². The molecule has 0 unspecified atom stereocenters. The Balaban J connectivity index is 2.83. The molecule has 2 aromatic rings. The summed E-state index contributed by atoms with van der Waals surface area (Å²) in [6, 6.07) is 4.64. The van der Waals surface area contributed by atoms with Gasteiger partial charge in [0.15, 0.2) is 5.75 Å². The summed E-state index contributed by atoms with van der Waals surface area (Å²) in [5.74, 6) is 0.00484. The summed E-state index contributed by atoms with van der Waals surface area (Å²) in [6.45, 7) is 3.40. The van der Waals surface area contributed by atoms with Gasteiger partial charge in [-0.05, 0) is 37.1 Å². The van der Waals surface area contributed by atoms with Gasteiger partial charge in [-0.1, -0.05) is 6.07 Å². The van der Waals surface area contributed by atoms with Gasteiger partial charge < -0.3 is 10.2 Å². The minimum absolute atomic E-state index is 0.119. The van der Waals surface area contributed by atoms with Gasteiger partial charge >= 0.3 is 0 Å². The van der Waals surface area contributed by atoms with Crippen molar-refractivity contribution in [2.75, 3.05) is 0 Å². The van der Waals surface area contributed by atoms with Crippen molar-refractivity contribution >= 4 is 0 Å². The Morgan fingerprint density at radius 2 is 1.89 bits per heavy atom. The van der Waals surface area contributed by atoms with Gasteiger partial charge in [0, 0.05) is 7.05 Å². The van der Waals surface area contributed by atoms with Crippen molar-refractivity contribution in [3.05, 3.63) is 39.8 Å². The van der Waals surface area contributed by atoms with Gasteiger partial charge in [0.2, 0.25) is 0 Å². The van der Waals surface area contributed by atoms with Crippen molar-refractivity contribution in [1.29, 1.82) is 0 Å². The van der Waals surface area contributed by atoms with Gasteiger partial charge in [-0.15, -0.1) is 0 Å². The molecule has 0 aliphatic carbocycles. The zero-order valence-electron chi connectivity index (χ0n) is 10.4. The van der Waals surface area contributed by atoms with Crippen LogP contribution in [0, 0.1) is 13.8 Å². The predicted molar refractivity (Wildman–Crippen MR) is 67.7 cm³/mol. The standard InChI is InChI=1S/C13H14N2O3/c1-7-6-9(16)4-5-10(7)11-12(17)8(2)14-15(3)13(11)18/h4-6,16-17H,1-3H3. The van der Waals surface area contributed by atoms with E-state index in [1.807, 2.05) is 0 Å². The van der Waals surface area contributed by atoms with Crippen LogP contribution in [0.1, 0.15) is 11.3 Å². The molecule has 0 amide bonds. The molecule has 0 spiro atoms. The Bertz CT molecular complexity index is 675. The van der Waals surface area contributed by atoms with Crippen molar-refractivity contribution in [2.45, 2.75) is 13.8 Å². The molecule has 5 nitrogen and oxygen atoms in total. The summed E-state index contributed by atoms with van der Waals surface area (Å²) in [4.78, 5) is 12.1. The van der Waals surface area contributed by atoms with Crippen LogP contribution in [0.15, 0.2) is 23.0 Å². The molecule has 0 saturated heterocycles. The first-order valence-corrected chi connectivity index (χ1v) is 5.48. The SMILES string of the molecule is Cc1cc(O)ccc1-c1c(O)c(C)nn(C)c1=O. The van der Waals surface area contributed by atoms with Crippen molar-refractivity contribution in [2.24, 2.45) is 7.05 Å². The fourth-order valence-electron chi connectivity index (χ4n) is 1.93. The highest BCUT2D eigenvalue weighted by Gasteiger charge is 2.16. The smallest absolute Gasteiger partial charge is 0.278 e. The number of phenolic OH excluding ortho intramolecular Hbond substituents is 1. The van der Waals surface area contributed by atoms with Crippen LogP contribution < -0.4 is 5.56 Å². The Hall–Kier alpha value is -2.30. The Kier molecular flexibility index (Phi) is 2.82. The molecule has 1 aromatic carbocycles. The number of aromatic nitrogens is 2. The first-order chi connectivity index (χ1) is 8.41. The maximum absolute atomic E-state index is 12.1. The average Bonchev–Trinajstić information content (AvgIpc) is 2.29. The monoisotopic (exact) mass is 246 g/mol. The highest BCUT2D eigenvalue weighted by Crippen LogP contribution is 2.31. The zero-order chi connectivity index (χ0) is 13.4. The molecule has 1 aromatic heterocycles. The lowest BCUT2D eigenvalue weighted by atomic mass is 10.0. The molecular formula is C13H14N2O3. The molecule has 1 heterocycles. The molecule has 0 bridgehead atoms. The maximum atomic E-state index is 12.1. The minimum Gasteiger partial charge on any atom is -0.508 e. The van der Waals surface area contributed by atoms with E-state index in [4.69, 9.17) is 0 Å². The van der Waals surface area contributed by atoms with Gasteiger partial charge in [-0.25, -0.2) is 4.68 Å². The van der Waals surface area contributed by atoms with E-state index in [0.29, 0.717) is 16.8 Å². The number of hydrogen-bond donors (Lipinski definition) is 2. The third-order valence-corrected chi connectivity index (χ3v) is 2.87. The van der Waals surface area contributed by atoms with Crippen molar-refractivity contribution in [1.82, 2.24) is 9.78 Å². The molecule has 18 heavy (non-hydrogen) atoms. The van der Waals surface area contributed by atoms with Gasteiger partial charge in [0.1, 0.15) is 11.4 Å². The number of hydrogen-bond acceptors (Lipinski definition) is 4. The van der Waals surface area contributed by atoms with E-state index in [-0.39, 0.29) is 22.6 Å². The van der Waals surface area contributed by atoms with Crippen LogP contribution in [0.25, 0.3) is 11.1 Å². The van der Waals surface area contributed by atoms with Crippen LogP contribution >= 0.6 is 0 Å². The fraction of sp³-hybridized carbons (Fsp3) is 0.231. The number of nitrogens with zero attached hydrogens (tertiary/aromatic N) is 2. The van der Waals surface area contributed by atoms with Gasteiger partial charge in [-0.3, -0.25) is 4.79 Å². The number of phenols is 1. The lowest BCUT2D eigenvalue weighted by Gasteiger charge is -2.11. The Morgan fingerprint density at radius 1 is 1.22 bits per heavy atom. The second kappa shape index (κ2) is 4.18. The summed E-state index contributed by atoms with van der Waals surface area (Å²) in [5.41, 5.74) is 1.54. The number of aromatic hydroxyl groups is 2. The van der Waals surface area contributed by atoms with Gasteiger partial charge in [0.25, 0.3) is 5.56 Å². The van der Waals surface area contributed by atoms with Crippen molar-refractivity contribution in [3.63, 3.8) is 0 Å². The summed E-state index contributed by atoms with van der Waals surface area (Å²) >= 11 is 0. The first-order valence-electron chi connectivity index (χ1n) is 5.48.